The Bertz CT molecular complexity index is 939. The van der Waals surface area contributed by atoms with Crippen molar-refractivity contribution in [3.63, 3.8) is 0 Å². The number of aliphatic imine (C=N–C) groups is 1. The fourth-order valence-electron chi connectivity index (χ4n) is 5.62. The molecule has 7 nitrogen and oxygen atoms in total. The first-order chi connectivity index (χ1) is 13.3. The molecule has 0 aromatic carbocycles. The summed E-state index contributed by atoms with van der Waals surface area (Å²) in [7, 11) is 0. The second-order valence-corrected chi connectivity index (χ2v) is 9.03. The molecule has 0 bridgehead atoms. The van der Waals surface area contributed by atoms with E-state index in [4.69, 9.17) is 23.1 Å². The van der Waals surface area contributed by atoms with Gasteiger partial charge in [-0.2, -0.15) is 0 Å². The molecule has 4 rings (SSSR count). The first-order valence-corrected chi connectivity index (χ1v) is 10.1. The normalized spacial score (nSPS) is 34.7. The Hall–Kier alpha value is -2.28. The molecule has 4 unspecified atom stereocenters. The summed E-state index contributed by atoms with van der Waals surface area (Å²) in [6.07, 6.45) is 11.6. The minimum Gasteiger partial charge on any atom is -0.394 e. The van der Waals surface area contributed by atoms with Gasteiger partial charge in [-0.15, -0.1) is 0 Å². The number of amides is 1. The number of carbonyl (C=O) groups excluding carboxylic acids is 1. The Balaban J connectivity index is 1.61. The van der Waals surface area contributed by atoms with Crippen molar-refractivity contribution in [2.24, 2.45) is 28.0 Å². The number of nitrogens with two attached hydrogens (primary N) is 2. The number of nitrogen functional groups attached to an aromatic ring is 1. The fourth-order valence-corrected chi connectivity index (χ4v) is 5.91. The predicted octanol–water partition coefficient (Wildman–Crippen LogP) is 2.59. The van der Waals surface area contributed by atoms with Gasteiger partial charge in [0.15, 0.2) is 0 Å². The molecular formula is C20H26ClN5O2. The number of carbonyl (C=O) groups is 1. The van der Waals surface area contributed by atoms with E-state index in [2.05, 4.69) is 16.4 Å². The highest BCUT2D eigenvalue weighted by atomic mass is 35.5. The maximum atomic E-state index is 12.8. The van der Waals surface area contributed by atoms with Gasteiger partial charge in [0.1, 0.15) is 11.4 Å². The second kappa shape index (κ2) is 6.65. The van der Waals surface area contributed by atoms with E-state index in [0.29, 0.717) is 5.92 Å². The largest absolute Gasteiger partial charge is 0.394 e. The molecule has 28 heavy (non-hydrogen) atoms. The Kier molecular flexibility index (Phi) is 4.53. The quantitative estimate of drug-likeness (QED) is 0.531. The zero-order chi connectivity index (χ0) is 20.1. The number of halogens is 1. The number of nitrogens with one attached hydrogen (secondary N) is 1. The third-order valence-corrected chi connectivity index (χ3v) is 7.28. The Labute approximate surface area is 168 Å². The molecular weight excluding hydrogens is 378 g/mol. The molecule has 2 saturated carbocycles. The van der Waals surface area contributed by atoms with E-state index in [1.54, 1.807) is 6.20 Å². The monoisotopic (exact) mass is 403 g/mol. The van der Waals surface area contributed by atoms with Gasteiger partial charge in [-0.1, -0.05) is 17.7 Å². The third kappa shape index (κ3) is 2.83. The van der Waals surface area contributed by atoms with E-state index >= 15 is 0 Å². The van der Waals surface area contributed by atoms with E-state index in [1.165, 1.54) is 17.0 Å². The molecule has 1 aliphatic heterocycles. The van der Waals surface area contributed by atoms with Crippen LogP contribution in [0.1, 0.15) is 55.9 Å². The van der Waals surface area contributed by atoms with E-state index in [0.717, 1.165) is 38.5 Å². The van der Waals surface area contributed by atoms with E-state index in [-0.39, 0.29) is 39.2 Å². The van der Waals surface area contributed by atoms with Gasteiger partial charge in [-0.3, -0.25) is 14.2 Å². The first-order valence-electron chi connectivity index (χ1n) is 9.74. The number of aromatic nitrogens is 1. The van der Waals surface area contributed by atoms with Crippen LogP contribution in [0.5, 0.6) is 0 Å². The van der Waals surface area contributed by atoms with Gasteiger partial charge >= 0.3 is 0 Å². The Morgan fingerprint density at radius 1 is 1.32 bits per heavy atom. The van der Waals surface area contributed by atoms with Crippen molar-refractivity contribution in [2.45, 2.75) is 51.1 Å². The molecule has 0 radical (unpaired) electrons. The summed E-state index contributed by atoms with van der Waals surface area (Å²) in [6.45, 7) is 1.92. The predicted molar refractivity (Wildman–Crippen MR) is 110 cm³/mol. The summed E-state index contributed by atoms with van der Waals surface area (Å²) in [5.74, 6) is 0.337. The van der Waals surface area contributed by atoms with Crippen molar-refractivity contribution in [3.8, 4) is 0 Å². The molecule has 3 aliphatic rings. The molecule has 1 aromatic rings. The van der Waals surface area contributed by atoms with Crippen LogP contribution in [0.25, 0.3) is 0 Å². The van der Waals surface area contributed by atoms with Crippen LogP contribution < -0.4 is 22.3 Å². The van der Waals surface area contributed by atoms with Gasteiger partial charge in [0.25, 0.3) is 11.5 Å². The van der Waals surface area contributed by atoms with Crippen molar-refractivity contribution in [2.75, 3.05) is 5.73 Å². The highest BCUT2D eigenvalue weighted by Crippen LogP contribution is 2.58. The van der Waals surface area contributed by atoms with Crippen molar-refractivity contribution < 1.29 is 4.79 Å². The lowest BCUT2D eigenvalue weighted by Crippen LogP contribution is -2.50. The number of fused-ring (bicyclic) bond motifs is 1. The third-order valence-electron chi connectivity index (χ3n) is 7.00. The van der Waals surface area contributed by atoms with Crippen LogP contribution in [-0.4, -0.2) is 16.8 Å². The molecule has 2 aliphatic carbocycles. The highest BCUT2D eigenvalue weighted by molar-refractivity contribution is 6.34. The summed E-state index contributed by atoms with van der Waals surface area (Å²) >= 11 is 6.25. The van der Waals surface area contributed by atoms with E-state index in [1.807, 2.05) is 6.92 Å². The molecule has 8 heteroatoms. The van der Waals surface area contributed by atoms with Gasteiger partial charge in [0, 0.05) is 12.1 Å². The van der Waals surface area contributed by atoms with E-state index < -0.39 is 5.66 Å². The van der Waals surface area contributed by atoms with Crippen LogP contribution in [0.15, 0.2) is 28.1 Å². The van der Waals surface area contributed by atoms with Gasteiger partial charge in [-0.05, 0) is 62.8 Å². The van der Waals surface area contributed by atoms with Crippen LogP contribution in [0.4, 0.5) is 5.69 Å². The summed E-state index contributed by atoms with van der Waals surface area (Å²) in [5.41, 5.74) is 10.5. The van der Waals surface area contributed by atoms with Crippen LogP contribution in [0, 0.1) is 17.3 Å². The molecule has 4 atom stereocenters. The zero-order valence-electron chi connectivity index (χ0n) is 16.0. The van der Waals surface area contributed by atoms with Crippen LogP contribution in [0.2, 0.25) is 5.02 Å². The number of rotatable bonds is 3. The van der Waals surface area contributed by atoms with Crippen LogP contribution in [0.3, 0.4) is 0 Å². The number of anilines is 1. The lowest BCUT2D eigenvalue weighted by Gasteiger charge is -2.35. The standard InChI is InChI=1S/C20H26ClN5O2/c1-19(25-17(27)16-14(21)8-15(23)18(28)26(16)19)13-3-6-20(10-13)5-2-12(9-20)4-7-24-11-22/h4,7-8,11-13H,2-3,5-6,9-10,23H2,1H3,(H2,22,24)(H,25,27)/b7-4-. The Morgan fingerprint density at radius 3 is 2.82 bits per heavy atom. The lowest BCUT2D eigenvalue weighted by molar-refractivity contribution is 0.0859. The molecule has 2 heterocycles. The van der Waals surface area contributed by atoms with Gasteiger partial charge < -0.3 is 16.8 Å². The number of nitrogens with zero attached hydrogens (tertiary/aromatic N) is 2. The topological polar surface area (TPSA) is 116 Å². The van der Waals surface area contributed by atoms with E-state index in [9.17, 15) is 9.59 Å². The first kappa shape index (κ1) is 19.1. The maximum Gasteiger partial charge on any atom is 0.276 e. The number of pyridine rings is 1. The molecule has 1 amide bonds. The molecule has 5 N–H and O–H groups in total. The molecule has 0 saturated heterocycles. The summed E-state index contributed by atoms with van der Waals surface area (Å²) in [6, 6.07) is 1.37. The molecule has 2 fully saturated rings. The smallest absolute Gasteiger partial charge is 0.276 e. The van der Waals surface area contributed by atoms with Crippen molar-refractivity contribution in [3.05, 3.63) is 39.4 Å². The Morgan fingerprint density at radius 2 is 2.07 bits per heavy atom. The molecule has 1 aromatic heterocycles. The van der Waals surface area contributed by atoms with Crippen LogP contribution >= 0.6 is 11.6 Å². The average molecular weight is 404 g/mol. The summed E-state index contributed by atoms with van der Waals surface area (Å²) in [5, 5.41) is 3.26. The second-order valence-electron chi connectivity index (χ2n) is 8.62. The lowest BCUT2D eigenvalue weighted by atomic mass is 9.80. The number of hydrogen-bond donors (Lipinski definition) is 3. The van der Waals surface area contributed by atoms with Gasteiger partial charge in [-0.25, -0.2) is 4.99 Å². The SMILES string of the molecule is CC1(C2CCC3(CCC(/C=C\N=CN)C3)C2)NC(=O)c2c(Cl)cc(N)c(=O)n21. The van der Waals surface area contributed by atoms with Crippen molar-refractivity contribution in [1.82, 2.24) is 9.88 Å². The zero-order valence-corrected chi connectivity index (χ0v) is 16.7. The highest BCUT2D eigenvalue weighted by Gasteiger charge is 2.53. The molecule has 150 valence electrons. The minimum atomic E-state index is -0.802. The number of allylic oxidation sites excluding steroid dienone is 1. The molecule has 1 spiro atoms. The van der Waals surface area contributed by atoms with Crippen molar-refractivity contribution >= 4 is 29.5 Å². The fraction of sp³-hybridized carbons (Fsp3) is 0.550. The van der Waals surface area contributed by atoms with Crippen LogP contribution in [-0.2, 0) is 5.66 Å². The average Bonchev–Trinajstić information content (AvgIpc) is 3.31. The summed E-state index contributed by atoms with van der Waals surface area (Å²) < 4.78 is 1.50. The number of hydrogen-bond acceptors (Lipinski definition) is 4. The summed E-state index contributed by atoms with van der Waals surface area (Å²) in [4.78, 5) is 29.4. The maximum absolute atomic E-state index is 12.8. The van der Waals surface area contributed by atoms with Crippen molar-refractivity contribution in [1.29, 1.82) is 0 Å². The van der Waals surface area contributed by atoms with Gasteiger partial charge in [0.2, 0.25) is 0 Å². The van der Waals surface area contributed by atoms with Gasteiger partial charge in [0.05, 0.1) is 17.0 Å². The minimum absolute atomic E-state index is 0.0655.